The lowest BCUT2D eigenvalue weighted by molar-refractivity contribution is -0.870. The van der Waals surface area contributed by atoms with Gasteiger partial charge in [0.25, 0.3) is 6.29 Å². The molecular weight excluding hydrogens is 983 g/mol. The number of aliphatic carboxylic acids is 1. The molecule has 2 atom stereocenters. The zero-order valence-corrected chi connectivity index (χ0v) is 53.1. The number of carbonyl (C=O) groups is 3. The van der Waals surface area contributed by atoms with Crippen molar-refractivity contribution in [1.29, 1.82) is 0 Å². The zero-order valence-electron chi connectivity index (χ0n) is 53.1. The molecule has 0 aromatic heterocycles. The Labute approximate surface area is 490 Å². The molecule has 2 unspecified atom stereocenters. The lowest BCUT2D eigenvalue weighted by Crippen LogP contribution is -2.40. The maximum absolute atomic E-state index is 12.9. The molecule has 0 heterocycles. The van der Waals surface area contributed by atoms with Crippen LogP contribution in [0.3, 0.4) is 0 Å². The highest BCUT2D eigenvalue weighted by molar-refractivity contribution is 5.71. The summed E-state index contributed by atoms with van der Waals surface area (Å²) in [4.78, 5) is 37.5. The molecule has 0 fully saturated rings. The summed E-state index contributed by atoms with van der Waals surface area (Å²) in [6.45, 7) is 4.91. The molecule has 79 heavy (non-hydrogen) atoms. The molecule has 0 radical (unpaired) electrons. The molecular formula is C70H132NO8+. The third kappa shape index (κ3) is 63.0. The lowest BCUT2D eigenvalue weighted by atomic mass is 10.0. The van der Waals surface area contributed by atoms with Crippen LogP contribution in [-0.4, -0.2) is 87.4 Å². The number of esters is 2. The van der Waals surface area contributed by atoms with E-state index in [1.54, 1.807) is 0 Å². The van der Waals surface area contributed by atoms with Gasteiger partial charge in [-0.1, -0.05) is 307 Å². The Morgan fingerprint density at radius 2 is 0.684 bits per heavy atom. The summed E-state index contributed by atoms with van der Waals surface area (Å²) in [5, 5.41) is 9.73. The summed E-state index contributed by atoms with van der Waals surface area (Å²) in [7, 11) is 5.98. The van der Waals surface area contributed by atoms with Gasteiger partial charge in [0.05, 0.1) is 34.4 Å². The molecule has 0 bridgehead atoms. The smallest absolute Gasteiger partial charge is 0.361 e. The minimum Gasteiger partial charge on any atom is -0.477 e. The number of rotatable bonds is 64. The Hall–Kier alpha value is -2.49. The summed E-state index contributed by atoms with van der Waals surface area (Å²) in [6.07, 6.45) is 74.1. The molecule has 0 aliphatic rings. The van der Waals surface area contributed by atoms with Gasteiger partial charge >= 0.3 is 17.9 Å². The van der Waals surface area contributed by atoms with Crippen molar-refractivity contribution in [2.75, 3.05) is 47.5 Å². The van der Waals surface area contributed by atoms with E-state index in [1.807, 2.05) is 21.1 Å². The fourth-order valence-corrected chi connectivity index (χ4v) is 10.1. The van der Waals surface area contributed by atoms with Crippen molar-refractivity contribution >= 4 is 17.9 Å². The highest BCUT2D eigenvalue weighted by atomic mass is 16.7. The Morgan fingerprint density at radius 3 is 1.01 bits per heavy atom. The predicted octanol–water partition coefficient (Wildman–Crippen LogP) is 20.8. The van der Waals surface area contributed by atoms with Crippen molar-refractivity contribution in [2.24, 2.45) is 0 Å². The van der Waals surface area contributed by atoms with Gasteiger partial charge in [-0.2, -0.15) is 0 Å². The van der Waals surface area contributed by atoms with Gasteiger partial charge in [-0.3, -0.25) is 9.59 Å². The largest absolute Gasteiger partial charge is 0.477 e. The van der Waals surface area contributed by atoms with Gasteiger partial charge in [0, 0.05) is 12.8 Å². The van der Waals surface area contributed by atoms with Crippen molar-refractivity contribution in [3.8, 4) is 0 Å². The normalized spacial score (nSPS) is 12.9. The van der Waals surface area contributed by atoms with E-state index in [9.17, 15) is 19.5 Å². The Morgan fingerprint density at radius 1 is 0.380 bits per heavy atom. The third-order valence-electron chi connectivity index (χ3n) is 15.4. The molecule has 0 spiro atoms. The van der Waals surface area contributed by atoms with E-state index in [2.05, 4.69) is 50.3 Å². The number of allylic oxidation sites excluding steroid dienone is 6. The number of carbonyl (C=O) groups excluding carboxylic acids is 2. The molecule has 9 heteroatoms. The third-order valence-corrected chi connectivity index (χ3v) is 15.4. The molecule has 0 saturated heterocycles. The first-order valence-electron chi connectivity index (χ1n) is 34.2. The van der Waals surface area contributed by atoms with Crippen molar-refractivity contribution in [3.63, 3.8) is 0 Å². The second-order valence-corrected chi connectivity index (χ2v) is 24.5. The van der Waals surface area contributed by atoms with Gasteiger partial charge in [0.15, 0.2) is 6.10 Å². The average Bonchev–Trinajstić information content (AvgIpc) is 3.42. The zero-order chi connectivity index (χ0) is 57.6. The summed E-state index contributed by atoms with van der Waals surface area (Å²) in [5.41, 5.74) is 0. The molecule has 464 valence electrons. The highest BCUT2D eigenvalue weighted by Gasteiger charge is 2.25. The number of carboxylic acid groups (broad SMARTS) is 1. The molecule has 0 amide bonds. The summed E-state index contributed by atoms with van der Waals surface area (Å²) >= 11 is 0. The minimum atomic E-state index is -1.51. The topological polar surface area (TPSA) is 108 Å². The van der Waals surface area contributed by atoms with Crippen LogP contribution in [-0.2, 0) is 33.3 Å². The standard InChI is InChI=1S/C70H131NO8/c1-6-8-10-12-14-16-18-20-22-24-26-28-29-30-31-32-33-34-35-36-37-38-39-41-42-44-46-48-50-52-54-56-58-60-67(72)77-64-66(65-78-70(69(74)75)76-63-62-71(3,4)5)79-68(73)61-59-57-55-53-51-49-47-45-43-40-27-25-23-21-19-17-15-13-11-9-7-2/h19,21,25,27,43,45,66,70H,6-18,20,22-24,26,28-42,44,46-65H2,1-5H3/p+1/b21-19-,27-25-,45-43-. The van der Waals surface area contributed by atoms with Gasteiger partial charge < -0.3 is 28.5 Å². The van der Waals surface area contributed by atoms with E-state index < -0.39 is 24.3 Å². The molecule has 0 aliphatic heterocycles. The maximum Gasteiger partial charge on any atom is 0.361 e. The number of likely N-dealkylation sites (N-methyl/N-ethyl adjacent to an activating group) is 1. The fraction of sp³-hybridized carbons (Fsp3) is 0.871. The van der Waals surface area contributed by atoms with Crippen molar-refractivity contribution in [3.05, 3.63) is 36.5 Å². The minimum absolute atomic E-state index is 0.184. The van der Waals surface area contributed by atoms with E-state index in [-0.39, 0.29) is 32.2 Å². The van der Waals surface area contributed by atoms with Crippen LogP contribution in [0, 0.1) is 0 Å². The van der Waals surface area contributed by atoms with Crippen LogP contribution in [0.25, 0.3) is 0 Å². The summed E-state index contributed by atoms with van der Waals surface area (Å²) in [6, 6.07) is 0. The van der Waals surface area contributed by atoms with Crippen LogP contribution in [0.5, 0.6) is 0 Å². The Balaban J connectivity index is 4.06. The van der Waals surface area contributed by atoms with Crippen molar-refractivity contribution in [2.45, 2.75) is 347 Å². The van der Waals surface area contributed by atoms with Gasteiger partial charge in [0.1, 0.15) is 13.2 Å². The van der Waals surface area contributed by atoms with E-state index in [0.717, 1.165) is 57.8 Å². The van der Waals surface area contributed by atoms with Crippen LogP contribution in [0.2, 0.25) is 0 Å². The first kappa shape index (κ1) is 76.5. The Kier molecular flexibility index (Phi) is 59.6. The number of carboxylic acids is 1. The van der Waals surface area contributed by atoms with Crippen LogP contribution in [0.4, 0.5) is 0 Å². The van der Waals surface area contributed by atoms with E-state index in [0.29, 0.717) is 23.9 Å². The SMILES string of the molecule is CCCCCCC/C=C\C/C=C\C/C=C\CCCCCCCCC(=O)OC(COC(=O)CCCCCCCCCCCCCCCCCCCCCCCCCCCCCCCCCCC)COC(OCC[N+](C)(C)C)C(=O)O. The van der Waals surface area contributed by atoms with Crippen molar-refractivity contribution in [1.82, 2.24) is 0 Å². The monoisotopic (exact) mass is 1110 g/mol. The molecule has 1 N–H and O–H groups in total. The van der Waals surface area contributed by atoms with E-state index in [4.69, 9.17) is 18.9 Å². The van der Waals surface area contributed by atoms with E-state index in [1.165, 1.54) is 244 Å². The second kappa shape index (κ2) is 61.6. The highest BCUT2D eigenvalue weighted by Crippen LogP contribution is 2.18. The maximum atomic E-state index is 12.9. The number of quaternary nitrogens is 1. The number of hydrogen-bond acceptors (Lipinski definition) is 7. The number of hydrogen-bond donors (Lipinski definition) is 1. The molecule has 0 aliphatic carbocycles. The molecule has 0 aromatic carbocycles. The Bertz CT molecular complexity index is 1390. The van der Waals surface area contributed by atoms with Gasteiger partial charge in [0.2, 0.25) is 0 Å². The van der Waals surface area contributed by atoms with Gasteiger partial charge in [-0.15, -0.1) is 0 Å². The molecule has 0 aromatic rings. The quantitative estimate of drug-likeness (QED) is 0.0211. The molecule has 0 saturated carbocycles. The first-order chi connectivity index (χ1) is 38.6. The molecule has 9 nitrogen and oxygen atoms in total. The van der Waals surface area contributed by atoms with Crippen LogP contribution < -0.4 is 0 Å². The van der Waals surface area contributed by atoms with Crippen LogP contribution >= 0.6 is 0 Å². The summed E-state index contributed by atoms with van der Waals surface area (Å²) in [5.74, 6) is -2.00. The van der Waals surface area contributed by atoms with Gasteiger partial charge in [-0.05, 0) is 51.4 Å². The van der Waals surface area contributed by atoms with Crippen LogP contribution in [0.1, 0.15) is 335 Å². The summed E-state index contributed by atoms with van der Waals surface area (Å²) < 4.78 is 22.9. The number of ether oxygens (including phenoxy) is 4. The number of unbranched alkanes of at least 4 members (excludes halogenated alkanes) is 43. The van der Waals surface area contributed by atoms with Gasteiger partial charge in [-0.25, -0.2) is 4.79 Å². The molecule has 0 rings (SSSR count). The lowest BCUT2D eigenvalue weighted by Gasteiger charge is -2.25. The average molecular weight is 1120 g/mol. The number of nitrogens with zero attached hydrogens (tertiary/aromatic N) is 1. The van der Waals surface area contributed by atoms with Crippen LogP contribution in [0.15, 0.2) is 36.5 Å². The van der Waals surface area contributed by atoms with Crippen molar-refractivity contribution < 1.29 is 42.9 Å². The first-order valence-corrected chi connectivity index (χ1v) is 34.2. The second-order valence-electron chi connectivity index (χ2n) is 24.5. The predicted molar refractivity (Wildman–Crippen MR) is 337 cm³/mol. The fourth-order valence-electron chi connectivity index (χ4n) is 10.1. The van der Waals surface area contributed by atoms with E-state index >= 15 is 0 Å².